The van der Waals surface area contributed by atoms with Crippen LogP contribution in [0.4, 0.5) is 0 Å². The fourth-order valence-corrected chi connectivity index (χ4v) is 1.60. The quantitative estimate of drug-likeness (QED) is 0.763. The summed E-state index contributed by atoms with van der Waals surface area (Å²) in [7, 11) is 0. The lowest BCUT2D eigenvalue weighted by Crippen LogP contribution is -1.96. The van der Waals surface area contributed by atoms with E-state index in [9.17, 15) is 0 Å². The molecule has 0 fully saturated rings. The summed E-state index contributed by atoms with van der Waals surface area (Å²) in [5.74, 6) is 0.810. The minimum atomic E-state index is 0.365. The molecule has 0 amide bonds. The molecule has 0 aliphatic carbocycles. The summed E-state index contributed by atoms with van der Waals surface area (Å²) < 4.78 is 5.18. The normalized spacial score (nSPS) is 10.6. The van der Waals surface area contributed by atoms with Gasteiger partial charge in [-0.05, 0) is 23.8 Å². The van der Waals surface area contributed by atoms with Crippen molar-refractivity contribution in [1.29, 1.82) is 0 Å². The second-order valence-electron chi connectivity index (χ2n) is 3.89. The third kappa shape index (κ3) is 2.34. The maximum Gasteiger partial charge on any atom is 0.276 e. The largest absolute Gasteiger partial charge is 0.332 e. The predicted molar refractivity (Wildman–Crippen MR) is 68.7 cm³/mol. The molecule has 0 bridgehead atoms. The molecule has 19 heavy (non-hydrogen) atoms. The van der Waals surface area contributed by atoms with Gasteiger partial charge in [0.05, 0.1) is 0 Å². The van der Waals surface area contributed by atoms with Gasteiger partial charge in [0.15, 0.2) is 0 Å². The second kappa shape index (κ2) is 4.95. The van der Waals surface area contributed by atoms with Crippen molar-refractivity contribution in [2.24, 2.45) is 5.73 Å². The Bertz CT molecular complexity index is 663. The molecule has 0 unspecified atom stereocenters. The van der Waals surface area contributed by atoms with E-state index in [-0.39, 0.29) is 0 Å². The molecular weight excluding hydrogens is 242 g/mol. The Labute approximate surface area is 109 Å². The van der Waals surface area contributed by atoms with Gasteiger partial charge in [-0.2, -0.15) is 4.98 Å². The molecule has 0 aromatic carbocycles. The average Bonchev–Trinajstić information content (AvgIpc) is 2.98. The molecule has 0 atom stereocenters. The first-order valence-electron chi connectivity index (χ1n) is 5.77. The molecule has 2 N–H and O–H groups in total. The summed E-state index contributed by atoms with van der Waals surface area (Å²) >= 11 is 0. The maximum absolute atomic E-state index is 5.52. The number of nitrogens with zero attached hydrogens (tertiary/aromatic N) is 4. The number of pyridine rings is 2. The van der Waals surface area contributed by atoms with Crippen LogP contribution in [0.15, 0.2) is 47.2 Å². The van der Waals surface area contributed by atoms with Gasteiger partial charge in [-0.25, -0.2) is 0 Å². The predicted octanol–water partition coefficient (Wildman–Crippen LogP) is 1.65. The Balaban J connectivity index is 1.92. The zero-order valence-electron chi connectivity index (χ0n) is 10.0. The first-order valence-corrected chi connectivity index (χ1v) is 5.77. The third-order valence-corrected chi connectivity index (χ3v) is 2.60. The fraction of sp³-hybridized carbons (Fsp3) is 0.0769. The van der Waals surface area contributed by atoms with Crippen molar-refractivity contribution in [1.82, 2.24) is 20.1 Å². The summed E-state index contributed by atoms with van der Waals surface area (Å²) in [4.78, 5) is 12.7. The van der Waals surface area contributed by atoms with E-state index in [1.807, 2.05) is 24.3 Å². The van der Waals surface area contributed by atoms with E-state index in [4.69, 9.17) is 10.3 Å². The highest BCUT2D eigenvalue weighted by atomic mass is 16.5. The van der Waals surface area contributed by atoms with Crippen molar-refractivity contribution in [2.45, 2.75) is 6.54 Å². The molecule has 0 saturated heterocycles. The van der Waals surface area contributed by atoms with Crippen LogP contribution in [0, 0.1) is 0 Å². The smallest absolute Gasteiger partial charge is 0.276 e. The minimum Gasteiger partial charge on any atom is -0.332 e. The Morgan fingerprint density at radius 1 is 1.05 bits per heavy atom. The number of hydrogen-bond donors (Lipinski definition) is 1. The summed E-state index contributed by atoms with van der Waals surface area (Å²) in [6.45, 7) is 0.455. The van der Waals surface area contributed by atoms with E-state index in [1.54, 1.807) is 18.5 Å². The standard InChI is InChI=1S/C13H11N5O/c14-7-9-4-5-11(16-8-9)13-17-12(18-19-13)10-3-1-2-6-15-10/h1-6,8H,7,14H2. The van der Waals surface area contributed by atoms with Crippen LogP contribution in [0.2, 0.25) is 0 Å². The highest BCUT2D eigenvalue weighted by Gasteiger charge is 2.11. The molecular formula is C13H11N5O. The molecule has 3 heterocycles. The van der Waals surface area contributed by atoms with Crippen LogP contribution in [0.5, 0.6) is 0 Å². The third-order valence-electron chi connectivity index (χ3n) is 2.60. The minimum absolute atomic E-state index is 0.365. The molecule has 0 radical (unpaired) electrons. The van der Waals surface area contributed by atoms with Gasteiger partial charge in [0.2, 0.25) is 5.82 Å². The van der Waals surface area contributed by atoms with Crippen LogP contribution >= 0.6 is 0 Å². The van der Waals surface area contributed by atoms with E-state index < -0.39 is 0 Å². The molecule has 6 heteroatoms. The van der Waals surface area contributed by atoms with E-state index in [1.165, 1.54) is 0 Å². The van der Waals surface area contributed by atoms with Gasteiger partial charge in [-0.15, -0.1) is 0 Å². The van der Waals surface area contributed by atoms with Crippen LogP contribution in [-0.2, 0) is 6.54 Å². The first kappa shape index (κ1) is 11.5. The van der Waals surface area contributed by atoms with Crippen molar-refractivity contribution in [2.75, 3.05) is 0 Å². The van der Waals surface area contributed by atoms with Crippen LogP contribution in [0.1, 0.15) is 5.56 Å². The topological polar surface area (TPSA) is 90.7 Å². The summed E-state index contributed by atoms with van der Waals surface area (Å²) in [6, 6.07) is 9.20. The molecule has 0 spiro atoms. The molecule has 94 valence electrons. The maximum atomic E-state index is 5.52. The van der Waals surface area contributed by atoms with Gasteiger partial charge in [0, 0.05) is 18.9 Å². The molecule has 3 aromatic rings. The van der Waals surface area contributed by atoms with Crippen molar-refractivity contribution in [3.63, 3.8) is 0 Å². The number of nitrogens with two attached hydrogens (primary N) is 1. The Morgan fingerprint density at radius 3 is 2.68 bits per heavy atom. The van der Waals surface area contributed by atoms with Crippen molar-refractivity contribution in [3.05, 3.63) is 48.3 Å². The highest BCUT2D eigenvalue weighted by molar-refractivity contribution is 5.53. The lowest BCUT2D eigenvalue weighted by Gasteiger charge is -1.96. The van der Waals surface area contributed by atoms with Crippen LogP contribution in [-0.4, -0.2) is 20.1 Å². The van der Waals surface area contributed by atoms with E-state index >= 15 is 0 Å². The summed E-state index contributed by atoms with van der Waals surface area (Å²) in [6.07, 6.45) is 3.37. The summed E-state index contributed by atoms with van der Waals surface area (Å²) in [5, 5.41) is 3.89. The second-order valence-corrected chi connectivity index (χ2v) is 3.89. The molecule has 6 nitrogen and oxygen atoms in total. The zero-order chi connectivity index (χ0) is 13.1. The van der Waals surface area contributed by atoms with Gasteiger partial charge in [-0.3, -0.25) is 9.97 Å². The number of hydrogen-bond acceptors (Lipinski definition) is 6. The molecule has 3 rings (SSSR count). The van der Waals surface area contributed by atoms with Crippen LogP contribution < -0.4 is 5.73 Å². The van der Waals surface area contributed by atoms with Gasteiger partial charge in [-0.1, -0.05) is 17.3 Å². The summed E-state index contributed by atoms with van der Waals surface area (Å²) in [5.41, 5.74) is 7.75. The lowest BCUT2D eigenvalue weighted by atomic mass is 10.2. The van der Waals surface area contributed by atoms with Gasteiger partial charge >= 0.3 is 0 Å². The van der Waals surface area contributed by atoms with Gasteiger partial charge in [0.25, 0.3) is 5.89 Å². The fourth-order valence-electron chi connectivity index (χ4n) is 1.60. The van der Waals surface area contributed by atoms with Gasteiger partial charge in [0.1, 0.15) is 11.4 Å². The van der Waals surface area contributed by atoms with E-state index in [2.05, 4.69) is 20.1 Å². The Kier molecular flexibility index (Phi) is 2.99. The zero-order valence-corrected chi connectivity index (χ0v) is 10.0. The monoisotopic (exact) mass is 253 g/mol. The molecule has 0 aliphatic heterocycles. The number of aromatic nitrogens is 4. The first-order chi connectivity index (χ1) is 9.36. The lowest BCUT2D eigenvalue weighted by molar-refractivity contribution is 0.431. The van der Waals surface area contributed by atoms with Gasteiger partial charge < -0.3 is 10.3 Å². The SMILES string of the molecule is NCc1ccc(-c2nc(-c3ccccn3)no2)nc1. The van der Waals surface area contributed by atoms with Crippen molar-refractivity contribution >= 4 is 0 Å². The highest BCUT2D eigenvalue weighted by Crippen LogP contribution is 2.19. The van der Waals surface area contributed by atoms with E-state index in [0.29, 0.717) is 29.6 Å². The van der Waals surface area contributed by atoms with E-state index in [0.717, 1.165) is 5.56 Å². The Morgan fingerprint density at radius 2 is 2.00 bits per heavy atom. The molecule has 3 aromatic heterocycles. The van der Waals surface area contributed by atoms with Crippen LogP contribution in [0.25, 0.3) is 23.1 Å². The van der Waals surface area contributed by atoms with Crippen molar-refractivity contribution in [3.8, 4) is 23.1 Å². The average molecular weight is 253 g/mol. The number of rotatable bonds is 3. The van der Waals surface area contributed by atoms with Crippen LogP contribution in [0.3, 0.4) is 0 Å². The molecule has 0 saturated carbocycles. The van der Waals surface area contributed by atoms with Crippen molar-refractivity contribution < 1.29 is 4.52 Å². The Hall–Kier alpha value is -2.60. The molecule has 0 aliphatic rings.